The molecule has 1 aliphatic heterocycles. The van der Waals surface area contributed by atoms with Crippen molar-refractivity contribution in [3.05, 3.63) is 24.0 Å². The normalized spacial score (nSPS) is 19.0. The lowest BCUT2D eigenvalue weighted by Gasteiger charge is -2.08. The topological polar surface area (TPSA) is 54.0 Å². The Morgan fingerprint density at radius 3 is 3.31 bits per heavy atom. The lowest BCUT2D eigenvalue weighted by Crippen LogP contribution is -2.36. The minimum absolute atomic E-state index is 0.0243. The van der Waals surface area contributed by atoms with Crippen molar-refractivity contribution in [1.29, 1.82) is 0 Å². The molecule has 2 N–H and O–H groups in total. The molecule has 0 saturated heterocycles. The molecule has 1 aromatic heterocycles. The van der Waals surface area contributed by atoms with E-state index < -0.39 is 0 Å². The summed E-state index contributed by atoms with van der Waals surface area (Å²) in [5.74, 6) is 0.0243. The summed E-state index contributed by atoms with van der Waals surface area (Å²) in [4.78, 5) is 15.3. The number of nitrogens with one attached hydrogen (secondary N) is 2. The van der Waals surface area contributed by atoms with E-state index in [0.29, 0.717) is 0 Å². The van der Waals surface area contributed by atoms with Gasteiger partial charge in [-0.1, -0.05) is 0 Å². The van der Waals surface area contributed by atoms with E-state index >= 15 is 0 Å². The molecule has 0 bridgehead atoms. The lowest BCUT2D eigenvalue weighted by atomic mass is 10.1. The number of aromatic nitrogens is 1. The Kier molecular flexibility index (Phi) is 1.88. The minimum Gasteiger partial charge on any atom is -0.373 e. The molecule has 2 rings (SSSR count). The smallest absolute Gasteiger partial charge is 0.242 e. The second kappa shape index (κ2) is 3.05. The van der Waals surface area contributed by atoms with E-state index in [1.165, 1.54) is 0 Å². The molecular weight excluding hydrogens is 166 g/mol. The van der Waals surface area contributed by atoms with Gasteiger partial charge in [-0.15, -0.1) is 0 Å². The van der Waals surface area contributed by atoms with E-state index in [1.54, 1.807) is 19.4 Å². The Labute approximate surface area is 76.4 Å². The third-order valence-electron chi connectivity index (χ3n) is 2.22. The summed E-state index contributed by atoms with van der Waals surface area (Å²) >= 11 is 0. The molecule has 13 heavy (non-hydrogen) atoms. The summed E-state index contributed by atoms with van der Waals surface area (Å²) in [6, 6.07) is 1.75. The van der Waals surface area contributed by atoms with Crippen LogP contribution >= 0.6 is 0 Å². The highest BCUT2D eigenvalue weighted by Crippen LogP contribution is 2.23. The van der Waals surface area contributed by atoms with Gasteiger partial charge in [-0.25, -0.2) is 0 Å². The van der Waals surface area contributed by atoms with Gasteiger partial charge in [-0.2, -0.15) is 0 Å². The number of rotatable bonds is 1. The van der Waals surface area contributed by atoms with Crippen LogP contribution in [0.15, 0.2) is 18.5 Å². The molecule has 2 heterocycles. The third kappa shape index (κ3) is 1.35. The van der Waals surface area contributed by atoms with Crippen LogP contribution in [-0.4, -0.2) is 24.0 Å². The fourth-order valence-electron chi connectivity index (χ4n) is 1.52. The molecule has 0 saturated carbocycles. The maximum absolute atomic E-state index is 11.3. The fourth-order valence-corrected chi connectivity index (χ4v) is 1.52. The number of likely N-dealkylation sites (N-methyl/N-ethyl adjacent to an activating group) is 1. The highest BCUT2D eigenvalue weighted by Gasteiger charge is 2.25. The van der Waals surface area contributed by atoms with E-state index in [-0.39, 0.29) is 11.9 Å². The van der Waals surface area contributed by atoms with Crippen molar-refractivity contribution in [3.63, 3.8) is 0 Å². The van der Waals surface area contributed by atoms with Crippen LogP contribution in [0, 0.1) is 0 Å². The average Bonchev–Trinajstić information content (AvgIpc) is 2.59. The van der Waals surface area contributed by atoms with Gasteiger partial charge in [0.1, 0.15) is 6.04 Å². The molecule has 68 valence electrons. The quantitative estimate of drug-likeness (QED) is 0.642. The Bertz CT molecular complexity index is 312. The second-order valence-corrected chi connectivity index (χ2v) is 3.05. The molecule has 1 unspecified atom stereocenters. The number of carbonyl (C=O) groups is 1. The second-order valence-electron chi connectivity index (χ2n) is 3.05. The maximum atomic E-state index is 11.3. The van der Waals surface area contributed by atoms with Crippen LogP contribution in [0.2, 0.25) is 0 Å². The Morgan fingerprint density at radius 2 is 2.62 bits per heavy atom. The molecule has 4 heteroatoms. The van der Waals surface area contributed by atoms with E-state index in [9.17, 15) is 4.79 Å². The van der Waals surface area contributed by atoms with Gasteiger partial charge in [0.05, 0.1) is 0 Å². The van der Waals surface area contributed by atoms with Gasteiger partial charge >= 0.3 is 0 Å². The van der Waals surface area contributed by atoms with Gasteiger partial charge in [0, 0.05) is 31.5 Å². The van der Waals surface area contributed by atoms with E-state index in [1.807, 2.05) is 6.07 Å². The molecule has 4 nitrogen and oxygen atoms in total. The monoisotopic (exact) mass is 177 g/mol. The zero-order chi connectivity index (χ0) is 9.26. The van der Waals surface area contributed by atoms with Crippen molar-refractivity contribution in [2.45, 2.75) is 12.5 Å². The fraction of sp³-hybridized carbons (Fsp3) is 0.333. The van der Waals surface area contributed by atoms with Crippen LogP contribution in [-0.2, 0) is 11.2 Å². The van der Waals surface area contributed by atoms with E-state index in [0.717, 1.165) is 17.7 Å². The van der Waals surface area contributed by atoms with Gasteiger partial charge in [0.2, 0.25) is 5.91 Å². The van der Waals surface area contributed by atoms with Crippen LogP contribution in [0.5, 0.6) is 0 Å². The highest BCUT2D eigenvalue weighted by atomic mass is 16.2. The number of fused-ring (bicyclic) bond motifs is 1. The van der Waals surface area contributed by atoms with Crippen molar-refractivity contribution >= 4 is 11.6 Å². The first-order valence-corrected chi connectivity index (χ1v) is 4.22. The van der Waals surface area contributed by atoms with Crippen LogP contribution in [0.1, 0.15) is 5.56 Å². The molecule has 0 radical (unpaired) electrons. The van der Waals surface area contributed by atoms with Gasteiger partial charge in [-0.3, -0.25) is 9.78 Å². The van der Waals surface area contributed by atoms with Gasteiger partial charge < -0.3 is 10.6 Å². The zero-order valence-corrected chi connectivity index (χ0v) is 7.37. The molecule has 1 amide bonds. The Balaban J connectivity index is 2.18. The van der Waals surface area contributed by atoms with Crippen LogP contribution in [0.4, 0.5) is 5.69 Å². The number of amides is 1. The summed E-state index contributed by atoms with van der Waals surface area (Å²) in [7, 11) is 1.64. The molecule has 0 aliphatic carbocycles. The Morgan fingerprint density at radius 1 is 1.77 bits per heavy atom. The summed E-state index contributed by atoms with van der Waals surface area (Å²) in [6.45, 7) is 0. The molecule has 0 spiro atoms. The summed E-state index contributed by atoms with van der Waals surface area (Å²) < 4.78 is 0. The molecule has 0 aromatic carbocycles. The van der Waals surface area contributed by atoms with Crippen molar-refractivity contribution in [2.75, 3.05) is 12.4 Å². The summed E-state index contributed by atoms with van der Waals surface area (Å²) in [5.41, 5.74) is 2.12. The number of nitrogens with zero attached hydrogens (tertiary/aromatic N) is 1. The predicted octanol–water partition coefficient (Wildman–Crippen LogP) is 0.164. The number of anilines is 1. The molecule has 1 aromatic rings. The third-order valence-corrected chi connectivity index (χ3v) is 2.22. The average molecular weight is 177 g/mol. The number of hydrogen-bond acceptors (Lipinski definition) is 3. The van der Waals surface area contributed by atoms with Crippen molar-refractivity contribution in [2.24, 2.45) is 0 Å². The number of carbonyl (C=O) groups excluding carboxylic acids is 1. The van der Waals surface area contributed by atoms with Gasteiger partial charge in [-0.05, 0) is 11.6 Å². The first-order chi connectivity index (χ1) is 6.31. The first-order valence-electron chi connectivity index (χ1n) is 4.22. The minimum atomic E-state index is -0.135. The molecule has 0 fully saturated rings. The zero-order valence-electron chi connectivity index (χ0n) is 7.37. The SMILES string of the molecule is CNC(=O)C1Cc2cnccc2N1. The van der Waals surface area contributed by atoms with Gasteiger partial charge in [0.25, 0.3) is 0 Å². The van der Waals surface area contributed by atoms with Crippen molar-refractivity contribution < 1.29 is 4.79 Å². The standard InChI is InChI=1S/C9H11N3O/c1-10-9(13)8-4-6-5-11-3-2-7(6)12-8/h2-3,5,8,12H,4H2,1H3,(H,10,13). The number of pyridine rings is 1. The highest BCUT2D eigenvalue weighted by molar-refractivity contribution is 5.86. The largest absolute Gasteiger partial charge is 0.373 e. The van der Waals surface area contributed by atoms with E-state index in [4.69, 9.17) is 0 Å². The lowest BCUT2D eigenvalue weighted by molar-refractivity contribution is -0.121. The maximum Gasteiger partial charge on any atom is 0.242 e. The van der Waals surface area contributed by atoms with Crippen molar-refractivity contribution in [1.82, 2.24) is 10.3 Å². The number of hydrogen-bond donors (Lipinski definition) is 2. The van der Waals surface area contributed by atoms with Crippen molar-refractivity contribution in [3.8, 4) is 0 Å². The Hall–Kier alpha value is -1.58. The van der Waals surface area contributed by atoms with Crippen LogP contribution < -0.4 is 10.6 Å². The van der Waals surface area contributed by atoms with E-state index in [2.05, 4.69) is 15.6 Å². The van der Waals surface area contributed by atoms with Crippen LogP contribution in [0.3, 0.4) is 0 Å². The first kappa shape index (κ1) is 8.04. The molecule has 1 aliphatic rings. The predicted molar refractivity (Wildman–Crippen MR) is 49.4 cm³/mol. The van der Waals surface area contributed by atoms with Gasteiger partial charge in [0.15, 0.2) is 0 Å². The summed E-state index contributed by atoms with van der Waals surface area (Å²) in [6.07, 6.45) is 4.24. The molecular formula is C9H11N3O. The molecule has 1 atom stereocenters. The van der Waals surface area contributed by atoms with Crippen LogP contribution in [0.25, 0.3) is 0 Å². The summed E-state index contributed by atoms with van der Waals surface area (Å²) in [5, 5.41) is 5.75.